The maximum Gasteiger partial charge on any atom is 0.291 e. The topological polar surface area (TPSA) is 79.4 Å². The van der Waals surface area contributed by atoms with Crippen LogP contribution in [0.15, 0.2) is 83.3 Å². The maximum atomic E-state index is 12.2. The molecule has 0 aliphatic rings. The lowest BCUT2D eigenvalue weighted by Crippen LogP contribution is -2.17. The van der Waals surface area contributed by atoms with Crippen molar-refractivity contribution in [2.45, 2.75) is 0 Å². The van der Waals surface area contributed by atoms with Gasteiger partial charge in [-0.1, -0.05) is 36.4 Å². The first-order valence-corrected chi connectivity index (χ1v) is 9.41. The van der Waals surface area contributed by atoms with Crippen molar-refractivity contribution in [1.29, 1.82) is 0 Å². The number of H-pyrrole nitrogens is 1. The molecule has 0 atom stereocenters. The van der Waals surface area contributed by atoms with E-state index in [1.165, 1.54) is 0 Å². The van der Waals surface area contributed by atoms with Gasteiger partial charge in [0.1, 0.15) is 11.5 Å². The number of aromatic nitrogens is 2. The van der Waals surface area contributed by atoms with Crippen LogP contribution in [0.5, 0.6) is 11.5 Å². The zero-order valence-electron chi connectivity index (χ0n) is 14.7. The first-order valence-electron chi connectivity index (χ1n) is 8.53. The van der Waals surface area contributed by atoms with Crippen molar-refractivity contribution in [3.8, 4) is 22.1 Å². The number of hydrazone groups is 1. The molecule has 4 aromatic rings. The Bertz CT molecular complexity index is 1090. The van der Waals surface area contributed by atoms with Crippen molar-refractivity contribution < 1.29 is 9.53 Å². The Hall–Kier alpha value is -3.71. The Balaban J connectivity index is 1.38. The summed E-state index contributed by atoms with van der Waals surface area (Å²) in [6.45, 7) is 0. The van der Waals surface area contributed by atoms with Gasteiger partial charge < -0.3 is 4.74 Å². The summed E-state index contributed by atoms with van der Waals surface area (Å²) in [6, 6.07) is 22.6. The summed E-state index contributed by atoms with van der Waals surface area (Å²) in [5.41, 5.74) is 4.37. The second-order valence-electron chi connectivity index (χ2n) is 5.83. The lowest BCUT2D eigenvalue weighted by molar-refractivity contribution is 0.0950. The number of para-hydroxylation sites is 1. The van der Waals surface area contributed by atoms with Crippen molar-refractivity contribution in [2.24, 2.45) is 5.10 Å². The second kappa shape index (κ2) is 8.32. The van der Waals surface area contributed by atoms with Crippen molar-refractivity contribution in [3.63, 3.8) is 0 Å². The van der Waals surface area contributed by atoms with Crippen LogP contribution in [0.25, 0.3) is 10.6 Å². The summed E-state index contributed by atoms with van der Waals surface area (Å²) in [5.74, 6) is 1.06. The highest BCUT2D eigenvalue weighted by Crippen LogP contribution is 2.23. The Labute approximate surface area is 165 Å². The molecule has 2 aromatic carbocycles. The number of benzene rings is 2. The zero-order chi connectivity index (χ0) is 19.2. The average Bonchev–Trinajstić information content (AvgIpc) is 3.41. The summed E-state index contributed by atoms with van der Waals surface area (Å²) in [5, 5.41) is 12.9. The quantitative estimate of drug-likeness (QED) is 0.371. The molecule has 4 rings (SSSR count). The van der Waals surface area contributed by atoms with E-state index in [1.807, 2.05) is 72.1 Å². The fourth-order valence-corrected chi connectivity index (χ4v) is 3.19. The first-order chi connectivity index (χ1) is 13.8. The molecule has 1 amide bonds. The van der Waals surface area contributed by atoms with Crippen LogP contribution in [0.4, 0.5) is 0 Å². The maximum absolute atomic E-state index is 12.2. The Morgan fingerprint density at radius 3 is 2.71 bits per heavy atom. The van der Waals surface area contributed by atoms with Gasteiger partial charge in [-0.15, -0.1) is 11.3 Å². The summed E-state index contributed by atoms with van der Waals surface area (Å²) in [7, 11) is 0. The number of nitrogens with zero attached hydrogens (tertiary/aromatic N) is 2. The van der Waals surface area contributed by atoms with Crippen LogP contribution in [0, 0.1) is 0 Å². The predicted molar refractivity (Wildman–Crippen MR) is 110 cm³/mol. The van der Waals surface area contributed by atoms with Crippen LogP contribution in [0.1, 0.15) is 16.1 Å². The van der Waals surface area contributed by atoms with Gasteiger partial charge in [0, 0.05) is 0 Å². The Morgan fingerprint density at radius 1 is 1.04 bits per heavy atom. The largest absolute Gasteiger partial charge is 0.457 e. The molecule has 0 saturated carbocycles. The highest BCUT2D eigenvalue weighted by molar-refractivity contribution is 7.13. The number of carbonyl (C=O) groups excluding carboxylic acids is 1. The highest BCUT2D eigenvalue weighted by Gasteiger charge is 2.11. The van der Waals surface area contributed by atoms with E-state index in [0.29, 0.717) is 5.75 Å². The number of hydrogen-bond acceptors (Lipinski definition) is 5. The van der Waals surface area contributed by atoms with Crippen molar-refractivity contribution in [3.05, 3.63) is 89.4 Å². The number of hydrogen-bond donors (Lipinski definition) is 2. The van der Waals surface area contributed by atoms with Crippen LogP contribution in [-0.2, 0) is 0 Å². The molecule has 0 fully saturated rings. The molecule has 2 N–H and O–H groups in total. The van der Waals surface area contributed by atoms with E-state index < -0.39 is 0 Å². The molecule has 0 saturated heterocycles. The van der Waals surface area contributed by atoms with Gasteiger partial charge in [-0.2, -0.15) is 10.2 Å². The van der Waals surface area contributed by atoms with Gasteiger partial charge in [0.2, 0.25) is 0 Å². The minimum absolute atomic E-state index is 0.279. The number of ether oxygens (including phenoxy) is 1. The normalized spacial score (nSPS) is 10.9. The zero-order valence-corrected chi connectivity index (χ0v) is 15.5. The van der Waals surface area contributed by atoms with E-state index in [9.17, 15) is 4.79 Å². The lowest BCUT2D eigenvalue weighted by atomic mass is 10.2. The van der Waals surface area contributed by atoms with E-state index in [1.54, 1.807) is 23.6 Å². The number of thiophene rings is 1. The highest BCUT2D eigenvalue weighted by atomic mass is 32.1. The van der Waals surface area contributed by atoms with E-state index in [0.717, 1.165) is 21.9 Å². The average molecular weight is 388 g/mol. The molecule has 2 heterocycles. The van der Waals surface area contributed by atoms with Gasteiger partial charge in [-0.3, -0.25) is 9.89 Å². The molecule has 6 nitrogen and oxygen atoms in total. The van der Waals surface area contributed by atoms with Gasteiger partial charge in [-0.25, -0.2) is 5.43 Å². The van der Waals surface area contributed by atoms with Gasteiger partial charge in [0.05, 0.1) is 16.8 Å². The molecule has 0 aliphatic carbocycles. The molecule has 0 bridgehead atoms. The molecular weight excluding hydrogens is 372 g/mol. The smallest absolute Gasteiger partial charge is 0.291 e. The van der Waals surface area contributed by atoms with E-state index in [4.69, 9.17) is 4.74 Å². The second-order valence-corrected chi connectivity index (χ2v) is 6.78. The van der Waals surface area contributed by atoms with Crippen molar-refractivity contribution >= 4 is 23.5 Å². The molecular formula is C21H16N4O2S. The van der Waals surface area contributed by atoms with Crippen LogP contribution in [-0.4, -0.2) is 22.3 Å². The summed E-state index contributed by atoms with van der Waals surface area (Å²) >= 11 is 1.57. The molecule has 0 unspecified atom stereocenters. The number of amides is 1. The monoisotopic (exact) mass is 388 g/mol. The predicted octanol–water partition coefficient (Wildman–Crippen LogP) is 4.69. The molecule has 0 radical (unpaired) electrons. The van der Waals surface area contributed by atoms with Crippen LogP contribution in [0.3, 0.4) is 0 Å². The number of nitrogens with one attached hydrogen (secondary N) is 2. The third-order valence-electron chi connectivity index (χ3n) is 3.81. The molecule has 0 spiro atoms. The van der Waals surface area contributed by atoms with Crippen LogP contribution in [0.2, 0.25) is 0 Å². The first kappa shape index (κ1) is 17.7. The molecule has 2 aromatic heterocycles. The van der Waals surface area contributed by atoms with Crippen molar-refractivity contribution in [1.82, 2.24) is 15.6 Å². The van der Waals surface area contributed by atoms with E-state index in [-0.39, 0.29) is 11.6 Å². The minimum atomic E-state index is -0.382. The number of carbonyl (C=O) groups is 1. The van der Waals surface area contributed by atoms with E-state index >= 15 is 0 Å². The third-order valence-corrected chi connectivity index (χ3v) is 4.72. The fourth-order valence-electron chi connectivity index (χ4n) is 2.50. The van der Waals surface area contributed by atoms with E-state index in [2.05, 4.69) is 20.7 Å². The standard InChI is InChI=1S/C21H16N4O2S/c26-21(19-13-18(23-24-19)20-10-5-11-28-20)25-22-14-15-6-4-9-17(12-15)27-16-7-2-1-3-8-16/h1-14H,(H,23,24)(H,25,26)/b22-14-. The third kappa shape index (κ3) is 4.33. The van der Waals surface area contributed by atoms with Gasteiger partial charge in [0.25, 0.3) is 5.91 Å². The van der Waals surface area contributed by atoms with Crippen LogP contribution >= 0.6 is 11.3 Å². The Kier molecular flexibility index (Phi) is 5.26. The van der Waals surface area contributed by atoms with Gasteiger partial charge in [-0.05, 0) is 47.3 Å². The summed E-state index contributed by atoms with van der Waals surface area (Å²) in [6.07, 6.45) is 1.56. The summed E-state index contributed by atoms with van der Waals surface area (Å²) in [4.78, 5) is 13.2. The van der Waals surface area contributed by atoms with Crippen molar-refractivity contribution in [2.75, 3.05) is 0 Å². The molecule has 28 heavy (non-hydrogen) atoms. The lowest BCUT2D eigenvalue weighted by Gasteiger charge is -2.05. The summed E-state index contributed by atoms with van der Waals surface area (Å²) < 4.78 is 5.79. The van der Waals surface area contributed by atoms with Crippen LogP contribution < -0.4 is 10.2 Å². The fraction of sp³-hybridized carbons (Fsp3) is 0. The van der Waals surface area contributed by atoms with Gasteiger partial charge >= 0.3 is 0 Å². The molecule has 0 aliphatic heterocycles. The molecule has 138 valence electrons. The SMILES string of the molecule is O=C(N/N=C\c1cccc(Oc2ccccc2)c1)c1cc(-c2cccs2)[nH]n1. The molecule has 7 heteroatoms. The number of aromatic amines is 1. The minimum Gasteiger partial charge on any atom is -0.457 e. The Morgan fingerprint density at radius 2 is 1.89 bits per heavy atom. The van der Waals surface area contributed by atoms with Gasteiger partial charge in [0.15, 0.2) is 5.69 Å². The number of rotatable bonds is 6.